The van der Waals surface area contributed by atoms with Gasteiger partial charge < -0.3 is 14.4 Å². The molecule has 3 aliphatic rings. The van der Waals surface area contributed by atoms with Gasteiger partial charge in [-0.05, 0) is 24.6 Å². The molecule has 2 aromatic heterocycles. The van der Waals surface area contributed by atoms with E-state index in [0.29, 0.717) is 80.2 Å². The predicted molar refractivity (Wildman–Crippen MR) is 163 cm³/mol. The zero-order chi connectivity index (χ0) is 30.7. The smallest absolute Gasteiger partial charge is 0.332 e. The SMILES string of the molecule is Cc1cccc(Cn2c(N3CCN(C4CC(=O)N(c5ccc6c(c5)OCCO6)C4=O)CC3)nc3c2c(=O)n(C)c(=O)n3C)c1. The van der Waals surface area contributed by atoms with Crippen molar-refractivity contribution in [1.82, 2.24) is 23.6 Å². The number of ether oxygens (including phenoxy) is 2. The molecule has 13 heteroatoms. The van der Waals surface area contributed by atoms with E-state index in [1.54, 1.807) is 25.2 Å². The van der Waals surface area contributed by atoms with E-state index in [1.165, 1.54) is 16.5 Å². The van der Waals surface area contributed by atoms with Crippen molar-refractivity contribution in [3.8, 4) is 11.5 Å². The van der Waals surface area contributed by atoms with Gasteiger partial charge in [-0.2, -0.15) is 4.98 Å². The molecule has 13 nitrogen and oxygen atoms in total. The van der Waals surface area contributed by atoms with E-state index in [0.717, 1.165) is 15.7 Å². The Balaban J connectivity index is 1.15. The largest absolute Gasteiger partial charge is 0.486 e. The number of amides is 2. The molecule has 0 spiro atoms. The lowest BCUT2D eigenvalue weighted by Crippen LogP contribution is -2.53. The fraction of sp³-hybridized carbons (Fsp3) is 0.387. The van der Waals surface area contributed by atoms with E-state index in [-0.39, 0.29) is 18.2 Å². The average Bonchev–Trinajstić information content (AvgIpc) is 3.55. The molecule has 44 heavy (non-hydrogen) atoms. The van der Waals surface area contributed by atoms with Crippen LogP contribution in [0.4, 0.5) is 11.6 Å². The number of benzene rings is 2. The molecule has 7 rings (SSSR count). The first-order valence-corrected chi connectivity index (χ1v) is 14.7. The number of hydrogen-bond donors (Lipinski definition) is 0. The highest BCUT2D eigenvalue weighted by Gasteiger charge is 2.44. The third-order valence-electron chi connectivity index (χ3n) is 8.70. The van der Waals surface area contributed by atoms with Crippen molar-refractivity contribution in [1.29, 1.82) is 0 Å². The fourth-order valence-corrected chi connectivity index (χ4v) is 6.40. The molecule has 4 aromatic rings. The Bertz CT molecular complexity index is 1930. The Morgan fingerprint density at radius 3 is 2.39 bits per heavy atom. The molecule has 228 valence electrons. The molecule has 2 saturated heterocycles. The fourth-order valence-electron chi connectivity index (χ4n) is 6.40. The van der Waals surface area contributed by atoms with Crippen LogP contribution in [0.3, 0.4) is 0 Å². The van der Waals surface area contributed by atoms with Gasteiger partial charge in [0, 0.05) is 46.3 Å². The molecule has 2 fully saturated rings. The van der Waals surface area contributed by atoms with Gasteiger partial charge >= 0.3 is 5.69 Å². The summed E-state index contributed by atoms with van der Waals surface area (Å²) in [7, 11) is 3.09. The number of imidazole rings is 1. The van der Waals surface area contributed by atoms with Crippen molar-refractivity contribution < 1.29 is 19.1 Å². The zero-order valence-corrected chi connectivity index (χ0v) is 24.9. The molecular formula is C31H33N7O6. The van der Waals surface area contributed by atoms with Gasteiger partial charge in [-0.3, -0.25) is 33.0 Å². The lowest BCUT2D eigenvalue weighted by atomic mass is 10.1. The van der Waals surface area contributed by atoms with Crippen molar-refractivity contribution in [3.05, 3.63) is 74.4 Å². The number of hydrogen-bond acceptors (Lipinski definition) is 9. The summed E-state index contributed by atoms with van der Waals surface area (Å²) in [6.07, 6.45) is 0.0945. The molecular weight excluding hydrogens is 566 g/mol. The third kappa shape index (κ3) is 4.55. The molecule has 1 unspecified atom stereocenters. The monoisotopic (exact) mass is 599 g/mol. The summed E-state index contributed by atoms with van der Waals surface area (Å²) in [6, 6.07) is 12.6. The summed E-state index contributed by atoms with van der Waals surface area (Å²) in [5.74, 6) is 1.19. The van der Waals surface area contributed by atoms with E-state index < -0.39 is 17.3 Å². The van der Waals surface area contributed by atoms with Crippen LogP contribution in [0.1, 0.15) is 17.5 Å². The highest BCUT2D eigenvalue weighted by molar-refractivity contribution is 6.22. The minimum absolute atomic E-state index is 0.0945. The number of fused-ring (bicyclic) bond motifs is 2. The number of rotatable bonds is 5. The van der Waals surface area contributed by atoms with E-state index >= 15 is 0 Å². The van der Waals surface area contributed by atoms with E-state index in [2.05, 4.69) is 11.0 Å². The van der Waals surface area contributed by atoms with E-state index in [4.69, 9.17) is 14.5 Å². The van der Waals surface area contributed by atoms with Crippen molar-refractivity contribution in [2.24, 2.45) is 14.1 Å². The van der Waals surface area contributed by atoms with Gasteiger partial charge in [0.2, 0.25) is 11.9 Å². The Hall–Kier alpha value is -4.91. The van der Waals surface area contributed by atoms with Crippen molar-refractivity contribution in [2.75, 3.05) is 49.2 Å². The molecule has 0 bridgehead atoms. The molecule has 0 saturated carbocycles. The maximum absolute atomic E-state index is 13.6. The quantitative estimate of drug-likeness (QED) is 0.309. The second-order valence-corrected chi connectivity index (χ2v) is 11.5. The summed E-state index contributed by atoms with van der Waals surface area (Å²) >= 11 is 0. The number of aryl methyl sites for hydroxylation is 2. The van der Waals surface area contributed by atoms with E-state index in [1.807, 2.05) is 34.6 Å². The normalized spacial score (nSPS) is 18.9. The number of imide groups is 1. The van der Waals surface area contributed by atoms with Crippen LogP contribution in [0.25, 0.3) is 11.2 Å². The molecule has 0 radical (unpaired) electrons. The van der Waals surface area contributed by atoms with Crippen LogP contribution in [-0.2, 0) is 30.2 Å². The van der Waals surface area contributed by atoms with Crippen LogP contribution >= 0.6 is 0 Å². The molecule has 3 aliphatic heterocycles. The summed E-state index contributed by atoms with van der Waals surface area (Å²) in [5, 5.41) is 0. The number of aromatic nitrogens is 4. The van der Waals surface area contributed by atoms with Gasteiger partial charge in [-0.25, -0.2) is 9.69 Å². The maximum atomic E-state index is 13.6. The molecule has 2 amide bonds. The van der Waals surface area contributed by atoms with Crippen molar-refractivity contribution >= 4 is 34.6 Å². The predicted octanol–water partition coefficient (Wildman–Crippen LogP) is 1.02. The van der Waals surface area contributed by atoms with Gasteiger partial charge in [-0.1, -0.05) is 29.8 Å². The summed E-state index contributed by atoms with van der Waals surface area (Å²) in [6.45, 7) is 5.37. The van der Waals surface area contributed by atoms with Crippen LogP contribution in [0.15, 0.2) is 52.1 Å². The first-order valence-electron chi connectivity index (χ1n) is 14.7. The van der Waals surface area contributed by atoms with Gasteiger partial charge in [0.1, 0.15) is 13.2 Å². The van der Waals surface area contributed by atoms with Crippen LogP contribution in [-0.4, -0.2) is 80.8 Å². The highest BCUT2D eigenvalue weighted by Crippen LogP contribution is 2.36. The van der Waals surface area contributed by atoms with Crippen LogP contribution in [0, 0.1) is 6.92 Å². The minimum atomic E-state index is -0.572. The number of piperazine rings is 1. The summed E-state index contributed by atoms with van der Waals surface area (Å²) in [4.78, 5) is 62.9. The maximum Gasteiger partial charge on any atom is 0.332 e. The Morgan fingerprint density at radius 1 is 0.886 bits per heavy atom. The molecule has 2 aromatic carbocycles. The highest BCUT2D eigenvalue weighted by atomic mass is 16.6. The molecule has 0 N–H and O–H groups in total. The van der Waals surface area contributed by atoms with Gasteiger partial charge in [-0.15, -0.1) is 0 Å². The van der Waals surface area contributed by atoms with Crippen LogP contribution in [0.5, 0.6) is 11.5 Å². The third-order valence-corrected chi connectivity index (χ3v) is 8.70. The molecule has 1 atom stereocenters. The van der Waals surface area contributed by atoms with Gasteiger partial charge in [0.05, 0.1) is 24.7 Å². The van der Waals surface area contributed by atoms with Gasteiger partial charge in [0.25, 0.3) is 11.5 Å². The standard InChI is InChI=1S/C31H33N7O6/c1-19-5-4-6-20(15-19)18-37-26-27(33(2)31(42)34(3)29(26)41)32-30(37)36-11-9-35(10-12-36)22-17-25(39)38(28(22)40)21-7-8-23-24(16-21)44-14-13-43-23/h4-8,15-16,22H,9-14,17-18H2,1-3H3. The first kappa shape index (κ1) is 27.9. The summed E-state index contributed by atoms with van der Waals surface area (Å²) in [5.41, 5.74) is 2.43. The first-order chi connectivity index (χ1) is 21.2. The number of nitrogens with zero attached hydrogens (tertiary/aromatic N) is 7. The number of carbonyl (C=O) groups excluding carboxylic acids is 2. The topological polar surface area (TPSA) is 124 Å². The minimum Gasteiger partial charge on any atom is -0.486 e. The Kier molecular flexibility index (Phi) is 6.76. The van der Waals surface area contributed by atoms with Gasteiger partial charge in [0.15, 0.2) is 22.7 Å². The summed E-state index contributed by atoms with van der Waals surface area (Å²) < 4.78 is 15.6. The van der Waals surface area contributed by atoms with Crippen LogP contribution in [0.2, 0.25) is 0 Å². The van der Waals surface area contributed by atoms with Crippen molar-refractivity contribution in [2.45, 2.75) is 25.9 Å². The molecule has 0 aliphatic carbocycles. The second-order valence-electron chi connectivity index (χ2n) is 11.5. The van der Waals surface area contributed by atoms with Crippen molar-refractivity contribution in [3.63, 3.8) is 0 Å². The second kappa shape index (κ2) is 10.7. The lowest BCUT2D eigenvalue weighted by Gasteiger charge is -2.37. The zero-order valence-electron chi connectivity index (χ0n) is 24.9. The Morgan fingerprint density at radius 2 is 1.64 bits per heavy atom. The van der Waals surface area contributed by atoms with Crippen LogP contribution < -0.4 is 30.5 Å². The van der Waals surface area contributed by atoms with E-state index in [9.17, 15) is 19.2 Å². The number of carbonyl (C=O) groups is 2. The lowest BCUT2D eigenvalue weighted by molar-refractivity contribution is -0.123. The Labute approximate surface area is 252 Å². The number of anilines is 2. The average molecular weight is 600 g/mol. The molecule has 5 heterocycles.